The van der Waals surface area contributed by atoms with E-state index in [1.807, 2.05) is 4.90 Å². The van der Waals surface area contributed by atoms with E-state index in [1.54, 1.807) is 18.4 Å². The number of likely N-dealkylation sites (tertiary alicyclic amines) is 1. The Balaban J connectivity index is 0.00000280. The van der Waals surface area contributed by atoms with Crippen molar-refractivity contribution in [2.45, 2.75) is 51.6 Å². The quantitative estimate of drug-likeness (QED) is 0.357. The summed E-state index contributed by atoms with van der Waals surface area (Å²) in [6.45, 7) is 9.50. The van der Waals surface area contributed by atoms with Gasteiger partial charge in [0.15, 0.2) is 5.96 Å². The molecule has 28 heavy (non-hydrogen) atoms. The molecule has 0 saturated carbocycles. The molecule has 2 aliphatic rings. The van der Waals surface area contributed by atoms with Gasteiger partial charge in [-0.25, -0.2) is 0 Å². The summed E-state index contributed by atoms with van der Waals surface area (Å²) >= 11 is 1.79. The number of halogens is 1. The fraction of sp³-hybridized carbons (Fsp3) is 0.700. The summed E-state index contributed by atoms with van der Waals surface area (Å²) < 4.78 is 0. The Morgan fingerprint density at radius 2 is 1.96 bits per heavy atom. The lowest BCUT2D eigenvalue weighted by Gasteiger charge is -2.41. The Bertz CT molecular complexity index is 669. The normalized spacial score (nSPS) is 18.2. The minimum atomic E-state index is 0. The largest absolute Gasteiger partial charge is 0.355 e. The van der Waals surface area contributed by atoms with Gasteiger partial charge in [-0.05, 0) is 63.2 Å². The van der Waals surface area contributed by atoms with E-state index in [0.717, 1.165) is 26.1 Å². The van der Waals surface area contributed by atoms with Crippen molar-refractivity contribution in [3.63, 3.8) is 0 Å². The van der Waals surface area contributed by atoms with Crippen molar-refractivity contribution in [3.05, 3.63) is 21.9 Å². The van der Waals surface area contributed by atoms with Crippen molar-refractivity contribution in [3.8, 4) is 0 Å². The first-order valence-corrected chi connectivity index (χ1v) is 10.9. The van der Waals surface area contributed by atoms with E-state index < -0.39 is 0 Å². The van der Waals surface area contributed by atoms with Crippen LogP contribution in [0.5, 0.6) is 0 Å². The number of piperidine rings is 1. The van der Waals surface area contributed by atoms with E-state index in [9.17, 15) is 4.79 Å². The van der Waals surface area contributed by atoms with Gasteiger partial charge in [0.25, 0.3) is 0 Å². The number of amides is 1. The molecule has 3 rings (SSSR count). The highest BCUT2D eigenvalue weighted by molar-refractivity contribution is 14.0. The van der Waals surface area contributed by atoms with Gasteiger partial charge in [0.2, 0.25) is 5.91 Å². The first-order valence-electron chi connectivity index (χ1n) is 10.0. The van der Waals surface area contributed by atoms with Crippen LogP contribution in [-0.2, 0) is 17.8 Å². The SMILES string of the molecule is CN=C(NCC(=O)N1CCc2sccc2C1)NCC(C)(C)N1CCCCC1.I. The zero-order chi connectivity index (χ0) is 19.3. The lowest BCUT2D eigenvalue weighted by molar-refractivity contribution is -0.130. The molecular weight excluding hydrogens is 485 g/mol. The average Bonchev–Trinajstić information content (AvgIpc) is 3.16. The number of nitrogens with zero attached hydrogens (tertiary/aromatic N) is 3. The van der Waals surface area contributed by atoms with Crippen molar-refractivity contribution in [1.29, 1.82) is 0 Å². The van der Waals surface area contributed by atoms with Gasteiger partial charge in [0.05, 0.1) is 6.54 Å². The average molecular weight is 519 g/mol. The van der Waals surface area contributed by atoms with Crippen LogP contribution in [0, 0.1) is 0 Å². The Morgan fingerprint density at radius 3 is 2.68 bits per heavy atom. The maximum Gasteiger partial charge on any atom is 0.242 e. The second kappa shape index (κ2) is 10.8. The summed E-state index contributed by atoms with van der Waals surface area (Å²) in [4.78, 5) is 22.8. The molecule has 0 aromatic carbocycles. The molecule has 0 radical (unpaired) electrons. The first kappa shape index (κ1) is 23.4. The molecule has 2 N–H and O–H groups in total. The van der Waals surface area contributed by atoms with Crippen molar-refractivity contribution < 1.29 is 4.79 Å². The number of carbonyl (C=O) groups excluding carboxylic acids is 1. The van der Waals surface area contributed by atoms with Gasteiger partial charge in [-0.2, -0.15) is 0 Å². The van der Waals surface area contributed by atoms with Crippen molar-refractivity contribution in [2.24, 2.45) is 4.99 Å². The van der Waals surface area contributed by atoms with Crippen LogP contribution in [0.4, 0.5) is 0 Å². The van der Waals surface area contributed by atoms with Crippen LogP contribution in [-0.4, -0.2) is 67.0 Å². The standard InChI is InChI=1S/C20H33N5OS.HI/c1-20(2,25-9-5-4-6-10-25)15-23-19(21-3)22-13-18(26)24-11-7-17-16(14-24)8-12-27-17;/h8,12H,4-7,9-11,13-15H2,1-3H3,(H2,21,22,23);1H. The number of guanidine groups is 1. The molecule has 1 aromatic heterocycles. The summed E-state index contributed by atoms with van der Waals surface area (Å²) in [6, 6.07) is 2.13. The highest BCUT2D eigenvalue weighted by Crippen LogP contribution is 2.24. The van der Waals surface area contributed by atoms with Crippen LogP contribution < -0.4 is 10.6 Å². The number of hydrogen-bond acceptors (Lipinski definition) is 4. The Labute approximate surface area is 190 Å². The number of rotatable bonds is 5. The number of hydrogen-bond donors (Lipinski definition) is 2. The monoisotopic (exact) mass is 519 g/mol. The van der Waals surface area contributed by atoms with Crippen molar-refractivity contribution in [1.82, 2.24) is 20.4 Å². The van der Waals surface area contributed by atoms with Gasteiger partial charge in [0, 0.05) is 37.1 Å². The topological polar surface area (TPSA) is 60.0 Å². The van der Waals surface area contributed by atoms with E-state index in [4.69, 9.17) is 0 Å². The number of thiophene rings is 1. The van der Waals surface area contributed by atoms with Crippen LogP contribution in [0.15, 0.2) is 16.4 Å². The zero-order valence-corrected chi connectivity index (χ0v) is 20.4. The lowest BCUT2D eigenvalue weighted by atomic mass is 9.98. The van der Waals surface area contributed by atoms with Gasteiger partial charge < -0.3 is 15.5 Å². The molecule has 1 saturated heterocycles. The van der Waals surface area contributed by atoms with Crippen LogP contribution >= 0.6 is 35.3 Å². The number of carbonyl (C=O) groups is 1. The molecule has 0 unspecified atom stereocenters. The zero-order valence-electron chi connectivity index (χ0n) is 17.3. The predicted molar refractivity (Wildman–Crippen MR) is 128 cm³/mol. The summed E-state index contributed by atoms with van der Waals surface area (Å²) in [5, 5.41) is 8.71. The van der Waals surface area contributed by atoms with Gasteiger partial charge >= 0.3 is 0 Å². The van der Waals surface area contributed by atoms with Crippen LogP contribution in [0.3, 0.4) is 0 Å². The molecule has 0 spiro atoms. The van der Waals surface area contributed by atoms with Crippen molar-refractivity contribution >= 4 is 47.2 Å². The second-order valence-electron chi connectivity index (χ2n) is 8.07. The maximum atomic E-state index is 12.6. The molecule has 0 bridgehead atoms. The smallest absolute Gasteiger partial charge is 0.242 e. The van der Waals surface area contributed by atoms with Crippen molar-refractivity contribution in [2.75, 3.05) is 39.8 Å². The van der Waals surface area contributed by atoms with Gasteiger partial charge in [0.1, 0.15) is 0 Å². The van der Waals surface area contributed by atoms with Gasteiger partial charge in [-0.15, -0.1) is 35.3 Å². The summed E-state index contributed by atoms with van der Waals surface area (Å²) in [5.41, 5.74) is 1.37. The molecular formula is C20H34IN5OS. The highest BCUT2D eigenvalue weighted by atomic mass is 127. The van der Waals surface area contributed by atoms with Crippen LogP contribution in [0.1, 0.15) is 43.6 Å². The molecule has 158 valence electrons. The molecule has 0 aliphatic carbocycles. The predicted octanol–water partition coefficient (Wildman–Crippen LogP) is 2.68. The summed E-state index contributed by atoms with van der Waals surface area (Å²) in [7, 11) is 1.76. The second-order valence-corrected chi connectivity index (χ2v) is 9.07. The molecule has 1 amide bonds. The van der Waals surface area contributed by atoms with Crippen LogP contribution in [0.2, 0.25) is 0 Å². The fourth-order valence-electron chi connectivity index (χ4n) is 3.86. The van der Waals surface area contributed by atoms with E-state index >= 15 is 0 Å². The Morgan fingerprint density at radius 1 is 1.21 bits per heavy atom. The highest BCUT2D eigenvalue weighted by Gasteiger charge is 2.28. The molecule has 8 heteroatoms. The summed E-state index contributed by atoms with van der Waals surface area (Å²) in [6.07, 6.45) is 4.88. The molecule has 6 nitrogen and oxygen atoms in total. The van der Waals surface area contributed by atoms with E-state index in [2.05, 4.69) is 45.8 Å². The fourth-order valence-corrected chi connectivity index (χ4v) is 4.75. The molecule has 1 fully saturated rings. The van der Waals surface area contributed by atoms with E-state index in [0.29, 0.717) is 5.96 Å². The van der Waals surface area contributed by atoms with Crippen LogP contribution in [0.25, 0.3) is 0 Å². The molecule has 1 aromatic rings. The summed E-state index contributed by atoms with van der Waals surface area (Å²) in [5.74, 6) is 0.826. The number of nitrogens with one attached hydrogen (secondary N) is 2. The Kier molecular flexibility index (Phi) is 9.01. The molecule has 2 aliphatic heterocycles. The molecule has 3 heterocycles. The number of aliphatic imine (C=N–C) groups is 1. The first-order chi connectivity index (χ1) is 13.0. The third-order valence-corrected chi connectivity index (χ3v) is 6.71. The number of fused-ring (bicyclic) bond motifs is 1. The van der Waals surface area contributed by atoms with Gasteiger partial charge in [-0.1, -0.05) is 6.42 Å². The minimum Gasteiger partial charge on any atom is -0.355 e. The molecule has 0 atom stereocenters. The third kappa shape index (κ3) is 6.06. The lowest BCUT2D eigenvalue weighted by Crippen LogP contribution is -2.55. The Hall–Kier alpha value is -0.870. The minimum absolute atomic E-state index is 0. The van der Waals surface area contributed by atoms with Gasteiger partial charge in [-0.3, -0.25) is 14.7 Å². The van der Waals surface area contributed by atoms with E-state index in [1.165, 1.54) is 42.8 Å². The maximum absolute atomic E-state index is 12.6. The third-order valence-electron chi connectivity index (χ3n) is 5.69. The van der Waals surface area contributed by atoms with E-state index in [-0.39, 0.29) is 42.0 Å².